The van der Waals surface area contributed by atoms with Gasteiger partial charge in [0.25, 0.3) is 5.82 Å². The molecule has 0 radical (unpaired) electrons. The number of benzene rings is 1. The van der Waals surface area contributed by atoms with Gasteiger partial charge in [-0.3, -0.25) is 0 Å². The summed E-state index contributed by atoms with van der Waals surface area (Å²) in [7, 11) is 0. The summed E-state index contributed by atoms with van der Waals surface area (Å²) in [5, 5.41) is 3.10. The minimum absolute atomic E-state index is 0.210. The minimum atomic E-state index is -4.92. The average molecular weight is 390 g/mol. The molecule has 0 spiro atoms. The maximum absolute atomic E-state index is 13.1. The van der Waals surface area contributed by atoms with Gasteiger partial charge in [-0.1, -0.05) is 0 Å². The van der Waals surface area contributed by atoms with Crippen molar-refractivity contribution in [3.05, 3.63) is 29.6 Å². The van der Waals surface area contributed by atoms with Crippen molar-refractivity contribution < 1.29 is 35.3 Å². The Bertz CT molecular complexity index is 759. The van der Waals surface area contributed by atoms with Gasteiger partial charge in [0.1, 0.15) is 6.67 Å². The van der Waals surface area contributed by atoms with Crippen LogP contribution in [0.5, 0.6) is 0 Å². The number of nitrogens with zero attached hydrogens (tertiary/aromatic N) is 3. The standard InChI is InChI=1S/C12H9F7N4OS/c13-4-6-1-2-7(25(24)5-11(14,15)16)3-8(6)23-10(20)21-9(22-23)12(17,18)19/h1-3H,4-5H2,(H2,20,21,22). The fourth-order valence-electron chi connectivity index (χ4n) is 1.85. The predicted octanol–water partition coefficient (Wildman–Crippen LogP) is 3.01. The Balaban J connectivity index is 2.50. The zero-order valence-corrected chi connectivity index (χ0v) is 12.8. The molecule has 1 atom stereocenters. The lowest BCUT2D eigenvalue weighted by Gasteiger charge is -2.15. The Morgan fingerprint density at radius 1 is 1.16 bits per heavy atom. The monoisotopic (exact) mass is 390 g/mol. The zero-order valence-electron chi connectivity index (χ0n) is 12.0. The molecule has 0 amide bonds. The first-order chi connectivity index (χ1) is 11.4. The summed E-state index contributed by atoms with van der Waals surface area (Å²) < 4.78 is 100. The summed E-state index contributed by atoms with van der Waals surface area (Å²) in [5.74, 6) is -4.01. The number of aromatic nitrogens is 3. The number of alkyl halides is 7. The van der Waals surface area contributed by atoms with Crippen LogP contribution in [0.1, 0.15) is 11.4 Å². The SMILES string of the molecule is Nc1nc(C(F)(F)F)nn1-c1cc([S+]([O-])CC(F)(F)F)ccc1CF. The highest BCUT2D eigenvalue weighted by molar-refractivity contribution is 7.91. The number of anilines is 1. The lowest BCUT2D eigenvalue weighted by molar-refractivity contribution is -0.144. The predicted molar refractivity (Wildman–Crippen MR) is 72.9 cm³/mol. The summed E-state index contributed by atoms with van der Waals surface area (Å²) in [6, 6.07) is 2.81. The van der Waals surface area contributed by atoms with Crippen LogP contribution < -0.4 is 5.73 Å². The first kappa shape index (κ1) is 19.3. The Labute approximate surface area is 138 Å². The van der Waals surface area contributed by atoms with Crippen LogP contribution in [0.2, 0.25) is 0 Å². The van der Waals surface area contributed by atoms with E-state index >= 15 is 0 Å². The van der Waals surface area contributed by atoms with Gasteiger partial charge >= 0.3 is 12.4 Å². The van der Waals surface area contributed by atoms with Gasteiger partial charge in [0, 0.05) is 11.6 Å². The Morgan fingerprint density at radius 2 is 1.80 bits per heavy atom. The molecule has 0 saturated heterocycles. The lowest BCUT2D eigenvalue weighted by Crippen LogP contribution is -2.23. The molecule has 5 nitrogen and oxygen atoms in total. The van der Waals surface area contributed by atoms with Gasteiger partial charge in [0.05, 0.1) is 5.69 Å². The maximum Gasteiger partial charge on any atom is 0.453 e. The molecule has 2 N–H and O–H groups in total. The van der Waals surface area contributed by atoms with Gasteiger partial charge in [-0.05, 0) is 23.3 Å². The van der Waals surface area contributed by atoms with Crippen LogP contribution in [-0.2, 0) is 24.0 Å². The van der Waals surface area contributed by atoms with Crippen molar-refractivity contribution in [1.29, 1.82) is 0 Å². The summed E-state index contributed by atoms with van der Waals surface area (Å²) in [5.41, 5.74) is 4.74. The third kappa shape index (κ3) is 4.54. The van der Waals surface area contributed by atoms with E-state index in [0.717, 1.165) is 18.2 Å². The average Bonchev–Trinajstić information content (AvgIpc) is 2.86. The molecule has 2 aromatic rings. The number of hydrogen-bond acceptors (Lipinski definition) is 4. The largest absolute Gasteiger partial charge is 0.611 e. The maximum atomic E-state index is 13.1. The number of nitrogen functional groups attached to an aromatic ring is 1. The molecular weight excluding hydrogens is 381 g/mol. The molecule has 1 aromatic heterocycles. The van der Waals surface area contributed by atoms with Crippen LogP contribution in [0.15, 0.2) is 23.1 Å². The van der Waals surface area contributed by atoms with Gasteiger partial charge in [-0.25, -0.2) is 4.39 Å². The van der Waals surface area contributed by atoms with E-state index in [0.29, 0.717) is 4.68 Å². The topological polar surface area (TPSA) is 79.8 Å². The highest BCUT2D eigenvalue weighted by Gasteiger charge is 2.38. The first-order valence-electron chi connectivity index (χ1n) is 6.36. The van der Waals surface area contributed by atoms with E-state index in [1.807, 2.05) is 0 Å². The molecule has 0 saturated carbocycles. The van der Waals surface area contributed by atoms with Crippen molar-refractivity contribution in [2.24, 2.45) is 0 Å². The highest BCUT2D eigenvalue weighted by Crippen LogP contribution is 2.30. The van der Waals surface area contributed by atoms with Gasteiger partial charge < -0.3 is 10.3 Å². The second kappa shape index (κ2) is 6.71. The fourth-order valence-corrected chi connectivity index (χ4v) is 2.78. The van der Waals surface area contributed by atoms with Gasteiger partial charge in [0.15, 0.2) is 4.90 Å². The lowest BCUT2D eigenvalue weighted by atomic mass is 10.2. The Hall–Kier alpha value is -2.02. The molecule has 2 rings (SSSR count). The van der Waals surface area contributed by atoms with Crippen molar-refractivity contribution in [2.75, 3.05) is 11.5 Å². The van der Waals surface area contributed by atoms with Crippen LogP contribution in [0.25, 0.3) is 5.69 Å². The molecule has 25 heavy (non-hydrogen) atoms. The normalized spacial score (nSPS) is 13.9. The molecule has 1 unspecified atom stereocenters. The van der Waals surface area contributed by atoms with Crippen LogP contribution in [0.4, 0.5) is 36.7 Å². The van der Waals surface area contributed by atoms with Crippen molar-refractivity contribution >= 4 is 17.1 Å². The quantitative estimate of drug-likeness (QED) is 0.643. The fraction of sp³-hybridized carbons (Fsp3) is 0.333. The van der Waals surface area contributed by atoms with Crippen molar-refractivity contribution in [1.82, 2.24) is 14.8 Å². The van der Waals surface area contributed by atoms with Crippen LogP contribution in [-0.4, -0.2) is 31.2 Å². The van der Waals surface area contributed by atoms with Gasteiger partial charge in [0.2, 0.25) is 11.7 Å². The van der Waals surface area contributed by atoms with Crippen molar-refractivity contribution in [3.63, 3.8) is 0 Å². The third-order valence-corrected chi connectivity index (χ3v) is 4.24. The molecule has 0 bridgehead atoms. The van der Waals surface area contributed by atoms with Crippen LogP contribution in [0.3, 0.4) is 0 Å². The molecular formula is C12H9F7N4OS. The molecule has 1 heterocycles. The molecule has 138 valence electrons. The third-order valence-electron chi connectivity index (χ3n) is 2.87. The number of rotatable bonds is 4. The highest BCUT2D eigenvalue weighted by atomic mass is 32.2. The van der Waals surface area contributed by atoms with Crippen molar-refractivity contribution in [3.8, 4) is 5.69 Å². The smallest absolute Gasteiger partial charge is 0.453 e. The second-order valence-electron chi connectivity index (χ2n) is 4.73. The molecule has 0 fully saturated rings. The van der Waals surface area contributed by atoms with E-state index in [1.165, 1.54) is 0 Å². The van der Waals surface area contributed by atoms with E-state index < -0.39 is 47.7 Å². The molecule has 0 aliphatic carbocycles. The first-order valence-corrected chi connectivity index (χ1v) is 7.68. The van der Waals surface area contributed by atoms with E-state index in [2.05, 4.69) is 10.1 Å². The number of halogens is 7. The second-order valence-corrected chi connectivity index (χ2v) is 6.18. The molecule has 1 aromatic carbocycles. The Morgan fingerprint density at radius 3 is 2.28 bits per heavy atom. The molecule has 0 aliphatic heterocycles. The molecule has 13 heteroatoms. The Kier molecular flexibility index (Phi) is 5.18. The van der Waals surface area contributed by atoms with Crippen LogP contribution in [0, 0.1) is 0 Å². The number of nitrogens with two attached hydrogens (primary N) is 1. The van der Waals surface area contributed by atoms with Gasteiger partial charge in [-0.2, -0.15) is 36.0 Å². The van der Waals surface area contributed by atoms with Gasteiger partial charge in [-0.15, -0.1) is 5.10 Å². The molecule has 0 aliphatic rings. The minimum Gasteiger partial charge on any atom is -0.611 e. The van der Waals surface area contributed by atoms with Crippen molar-refractivity contribution in [2.45, 2.75) is 23.9 Å². The van der Waals surface area contributed by atoms with E-state index in [9.17, 15) is 35.3 Å². The van der Waals surface area contributed by atoms with E-state index in [4.69, 9.17) is 5.73 Å². The summed E-state index contributed by atoms with van der Waals surface area (Å²) >= 11 is -2.54. The summed E-state index contributed by atoms with van der Waals surface area (Å²) in [4.78, 5) is 2.63. The van der Waals surface area contributed by atoms with E-state index in [1.54, 1.807) is 0 Å². The summed E-state index contributed by atoms with van der Waals surface area (Å²) in [6.45, 7) is -1.16. The zero-order chi connectivity index (χ0) is 19.0. The van der Waals surface area contributed by atoms with Crippen LogP contribution >= 0.6 is 0 Å². The summed E-state index contributed by atoms with van der Waals surface area (Å²) in [6.07, 6.45) is -9.65. The van der Waals surface area contributed by atoms with E-state index in [-0.39, 0.29) is 16.1 Å². The number of hydrogen-bond donors (Lipinski definition) is 1.